The van der Waals surface area contributed by atoms with Crippen LogP contribution in [0.4, 0.5) is 18.9 Å². The molecule has 0 saturated carbocycles. The zero-order valence-electron chi connectivity index (χ0n) is 22.0. The summed E-state index contributed by atoms with van der Waals surface area (Å²) in [5.41, 5.74) is -2.70. The van der Waals surface area contributed by atoms with Crippen molar-refractivity contribution in [1.29, 1.82) is 0 Å². The first-order valence-electron chi connectivity index (χ1n) is 13.0. The van der Waals surface area contributed by atoms with E-state index in [4.69, 9.17) is 16.3 Å². The summed E-state index contributed by atoms with van der Waals surface area (Å²) in [5, 5.41) is 11.0. The zero-order valence-corrected chi connectivity index (χ0v) is 22.7. The molecule has 39 heavy (non-hydrogen) atoms. The van der Waals surface area contributed by atoms with Gasteiger partial charge in [-0.3, -0.25) is 9.59 Å². The molecule has 0 aliphatic carbocycles. The fourth-order valence-corrected chi connectivity index (χ4v) is 5.40. The van der Waals surface area contributed by atoms with Crippen LogP contribution in [0.5, 0.6) is 0 Å². The fourth-order valence-electron chi connectivity index (χ4n) is 5.15. The zero-order chi connectivity index (χ0) is 28.4. The largest absolute Gasteiger partial charge is 0.430 e. The molecule has 1 unspecified atom stereocenters. The van der Waals surface area contributed by atoms with Gasteiger partial charge in [0.05, 0.1) is 22.8 Å². The van der Waals surface area contributed by atoms with Gasteiger partial charge in [-0.2, -0.15) is 13.2 Å². The topological polar surface area (TPSA) is 73.3 Å². The maximum atomic E-state index is 13.9. The highest BCUT2D eigenvalue weighted by Gasteiger charge is 2.62. The van der Waals surface area contributed by atoms with Crippen LogP contribution in [0.25, 0.3) is 0 Å². The van der Waals surface area contributed by atoms with Gasteiger partial charge in [-0.1, -0.05) is 41.9 Å². The van der Waals surface area contributed by atoms with Crippen LogP contribution in [0.1, 0.15) is 41.6 Å². The lowest BCUT2D eigenvalue weighted by molar-refractivity contribution is -0.262. The average molecular weight is 568 g/mol. The quantitative estimate of drug-likeness (QED) is 0.558. The normalized spacial score (nSPS) is 19.1. The van der Waals surface area contributed by atoms with Crippen LogP contribution in [-0.2, 0) is 15.1 Å². The predicted octanol–water partition coefficient (Wildman–Crippen LogP) is 4.47. The summed E-state index contributed by atoms with van der Waals surface area (Å²) in [5.74, 6) is -1.51. The van der Waals surface area contributed by atoms with Crippen molar-refractivity contribution < 1.29 is 32.6 Å². The standard InChI is InChI=1S/C28H33ClF3N3O4/c1-33(2)25(36)23-9-8-20(18-24(23)29)34-14-10-21(11-15-34)39-22-12-16-35(17-13-22)26(37)27(38,28(30,31)32)19-6-4-3-5-7-19/h3-9,18,21-22,38H,10-17H2,1-2H3. The van der Waals surface area contributed by atoms with Gasteiger partial charge in [-0.15, -0.1) is 0 Å². The maximum absolute atomic E-state index is 13.9. The molecule has 2 aromatic rings. The van der Waals surface area contributed by atoms with E-state index in [9.17, 15) is 27.9 Å². The highest BCUT2D eigenvalue weighted by Crippen LogP contribution is 2.41. The van der Waals surface area contributed by atoms with Gasteiger partial charge in [0.2, 0.25) is 0 Å². The average Bonchev–Trinajstić information content (AvgIpc) is 2.92. The molecule has 1 N–H and O–H groups in total. The Labute approximate surface area is 231 Å². The molecular weight excluding hydrogens is 535 g/mol. The highest BCUT2D eigenvalue weighted by molar-refractivity contribution is 6.34. The molecule has 0 aromatic heterocycles. The van der Waals surface area contributed by atoms with Gasteiger partial charge in [-0.25, -0.2) is 0 Å². The minimum atomic E-state index is -5.15. The molecule has 2 amide bonds. The molecule has 212 valence electrons. The Morgan fingerprint density at radius 1 is 0.949 bits per heavy atom. The lowest BCUT2D eigenvalue weighted by atomic mass is 9.90. The smallest absolute Gasteiger partial charge is 0.375 e. The molecule has 2 heterocycles. The first kappa shape index (κ1) is 29.2. The summed E-state index contributed by atoms with van der Waals surface area (Å²) in [4.78, 5) is 29.9. The fraction of sp³-hybridized carbons (Fsp3) is 0.500. The number of anilines is 1. The van der Waals surface area contributed by atoms with Crippen molar-refractivity contribution >= 4 is 29.1 Å². The van der Waals surface area contributed by atoms with E-state index >= 15 is 0 Å². The van der Waals surface area contributed by atoms with E-state index in [0.29, 0.717) is 23.4 Å². The van der Waals surface area contributed by atoms with Crippen LogP contribution in [0.2, 0.25) is 5.02 Å². The molecule has 0 radical (unpaired) electrons. The van der Waals surface area contributed by atoms with Crippen molar-refractivity contribution in [1.82, 2.24) is 9.80 Å². The number of alkyl halides is 3. The predicted molar refractivity (Wildman–Crippen MR) is 142 cm³/mol. The Bertz CT molecular complexity index is 1160. The van der Waals surface area contributed by atoms with Crippen LogP contribution in [0.3, 0.4) is 0 Å². The van der Waals surface area contributed by atoms with Gasteiger partial charge in [-0.05, 0) is 43.9 Å². The summed E-state index contributed by atoms with van der Waals surface area (Å²) in [6, 6.07) is 11.9. The molecule has 2 fully saturated rings. The lowest BCUT2D eigenvalue weighted by Gasteiger charge is -2.40. The number of likely N-dealkylation sites (tertiary alicyclic amines) is 1. The van der Waals surface area contributed by atoms with Crippen molar-refractivity contribution in [3.8, 4) is 0 Å². The molecule has 0 spiro atoms. The molecule has 2 aliphatic rings. The number of aliphatic hydroxyl groups is 1. The van der Waals surface area contributed by atoms with E-state index in [-0.39, 0.29) is 31.2 Å². The highest BCUT2D eigenvalue weighted by atomic mass is 35.5. The monoisotopic (exact) mass is 567 g/mol. The molecule has 1 atom stereocenters. The second kappa shape index (κ2) is 11.7. The van der Waals surface area contributed by atoms with Crippen LogP contribution >= 0.6 is 11.6 Å². The van der Waals surface area contributed by atoms with Crippen molar-refractivity contribution in [3.05, 3.63) is 64.7 Å². The number of halogens is 4. The van der Waals surface area contributed by atoms with Gasteiger partial charge in [0, 0.05) is 51.5 Å². The summed E-state index contributed by atoms with van der Waals surface area (Å²) in [6.45, 7) is 1.61. The van der Waals surface area contributed by atoms with Crippen LogP contribution < -0.4 is 4.90 Å². The van der Waals surface area contributed by atoms with Gasteiger partial charge in [0.25, 0.3) is 17.4 Å². The summed E-state index contributed by atoms with van der Waals surface area (Å²) in [7, 11) is 3.35. The Morgan fingerprint density at radius 2 is 1.51 bits per heavy atom. The third-order valence-corrected chi connectivity index (χ3v) is 7.73. The third-order valence-electron chi connectivity index (χ3n) is 7.42. The van der Waals surface area contributed by atoms with E-state index in [1.54, 1.807) is 26.2 Å². The Kier molecular flexibility index (Phi) is 8.78. The second-order valence-corrected chi connectivity index (χ2v) is 10.7. The Balaban J connectivity index is 1.29. The number of benzene rings is 2. The van der Waals surface area contributed by atoms with E-state index in [1.165, 1.54) is 23.1 Å². The van der Waals surface area contributed by atoms with Crippen LogP contribution in [0, 0.1) is 0 Å². The number of amides is 2. The van der Waals surface area contributed by atoms with Crippen molar-refractivity contribution in [2.75, 3.05) is 45.2 Å². The van der Waals surface area contributed by atoms with Crippen molar-refractivity contribution in [2.24, 2.45) is 0 Å². The van der Waals surface area contributed by atoms with Gasteiger partial charge < -0.3 is 24.5 Å². The van der Waals surface area contributed by atoms with Gasteiger partial charge in [0.1, 0.15) is 0 Å². The van der Waals surface area contributed by atoms with Crippen molar-refractivity contribution in [2.45, 2.75) is 49.7 Å². The van der Waals surface area contributed by atoms with Gasteiger partial charge >= 0.3 is 6.18 Å². The molecule has 4 rings (SSSR count). The van der Waals surface area contributed by atoms with Crippen LogP contribution in [0.15, 0.2) is 48.5 Å². The summed E-state index contributed by atoms with van der Waals surface area (Å²) in [6.07, 6.45) is -3.02. The summed E-state index contributed by atoms with van der Waals surface area (Å²) >= 11 is 6.36. The maximum Gasteiger partial charge on any atom is 0.430 e. The molecule has 11 heteroatoms. The van der Waals surface area contributed by atoms with E-state index in [0.717, 1.165) is 48.7 Å². The molecule has 2 aliphatic heterocycles. The molecule has 2 aromatic carbocycles. The molecule has 7 nitrogen and oxygen atoms in total. The number of carbonyl (C=O) groups excluding carboxylic acids is 2. The number of rotatable bonds is 6. The summed E-state index contributed by atoms with van der Waals surface area (Å²) < 4.78 is 47.9. The number of hydrogen-bond donors (Lipinski definition) is 1. The number of piperidine rings is 2. The minimum absolute atomic E-state index is 0.00464. The van der Waals surface area contributed by atoms with E-state index in [1.807, 2.05) is 6.07 Å². The van der Waals surface area contributed by atoms with Crippen molar-refractivity contribution in [3.63, 3.8) is 0 Å². The number of hydrogen-bond acceptors (Lipinski definition) is 5. The Morgan fingerprint density at radius 3 is 2.03 bits per heavy atom. The van der Waals surface area contributed by atoms with Crippen LogP contribution in [-0.4, -0.2) is 85.4 Å². The SMILES string of the molecule is CN(C)C(=O)c1ccc(N2CCC(OC3CCN(C(=O)C(O)(c4ccccc4)C(F)(F)F)CC3)CC2)cc1Cl. The third kappa shape index (κ3) is 6.18. The number of carbonyl (C=O) groups is 2. The minimum Gasteiger partial charge on any atom is -0.375 e. The first-order valence-corrected chi connectivity index (χ1v) is 13.3. The van der Waals surface area contributed by atoms with Gasteiger partial charge in [0.15, 0.2) is 0 Å². The Hall–Kier alpha value is -2.82. The first-order chi connectivity index (χ1) is 18.4. The lowest BCUT2D eigenvalue weighted by Crippen LogP contribution is -2.57. The van der Waals surface area contributed by atoms with E-state index < -0.39 is 23.2 Å². The molecular formula is C28H33ClF3N3O4. The molecule has 2 saturated heterocycles. The molecule has 0 bridgehead atoms. The number of ether oxygens (including phenoxy) is 1. The van der Waals surface area contributed by atoms with E-state index in [2.05, 4.69) is 4.90 Å². The number of nitrogens with zero attached hydrogens (tertiary/aromatic N) is 3. The second-order valence-electron chi connectivity index (χ2n) is 10.3.